The smallest absolute Gasteiger partial charge is 0.257 e. The van der Waals surface area contributed by atoms with Gasteiger partial charge in [0.2, 0.25) is 5.95 Å². The third-order valence-electron chi connectivity index (χ3n) is 8.76. The van der Waals surface area contributed by atoms with Gasteiger partial charge in [-0.3, -0.25) is 9.58 Å². The molecule has 1 saturated carbocycles. The molecule has 2 aliphatic rings. The standard InChI is InChI=1S/C33H37N13O3/c1-23(19-45-22-39-42-43-45)49-30-15-24(3-4-25(30)16-34)26-17-37-33(38-18-26)40-29-20-46(41-32(29)48-21-31-35-9-2-10-36-31)28-7-5-27(6-8-28)44-11-13-47-14-12-44/h2-4,9-10,15,17-18,20,22-23,27-28H,5-8,11-14,19,21H2,1H3,(H,37,38,40). The zero-order valence-electron chi connectivity index (χ0n) is 27.2. The zero-order chi connectivity index (χ0) is 33.4. The molecular formula is C33H37N13O3. The number of nitriles is 1. The second-order valence-corrected chi connectivity index (χ2v) is 12.1. The van der Waals surface area contributed by atoms with Crippen molar-refractivity contribution in [3.63, 3.8) is 0 Å². The molecule has 5 aromatic rings. The van der Waals surface area contributed by atoms with Crippen LogP contribution in [0.15, 0.2) is 61.6 Å². The third kappa shape index (κ3) is 7.96. The van der Waals surface area contributed by atoms with Crippen molar-refractivity contribution in [2.45, 2.75) is 63.9 Å². The molecule has 7 rings (SSSR count). The first-order valence-electron chi connectivity index (χ1n) is 16.4. The fourth-order valence-corrected chi connectivity index (χ4v) is 6.26. The fraction of sp³-hybridized carbons (Fsp3) is 0.424. The largest absolute Gasteiger partial charge is 0.487 e. The second kappa shape index (κ2) is 15.1. The molecule has 1 aliphatic heterocycles. The van der Waals surface area contributed by atoms with Crippen LogP contribution in [0.5, 0.6) is 11.6 Å². The average molecular weight is 664 g/mol. The normalized spacial score (nSPS) is 18.8. The highest BCUT2D eigenvalue weighted by atomic mass is 16.5. The molecule has 16 heteroatoms. The lowest BCUT2D eigenvalue weighted by Gasteiger charge is -2.38. The molecule has 0 spiro atoms. The fourth-order valence-electron chi connectivity index (χ4n) is 6.26. The number of nitrogens with one attached hydrogen (secondary N) is 1. The van der Waals surface area contributed by atoms with Gasteiger partial charge < -0.3 is 19.5 Å². The lowest BCUT2D eigenvalue weighted by atomic mass is 9.90. The highest BCUT2D eigenvalue weighted by Crippen LogP contribution is 2.35. The van der Waals surface area contributed by atoms with Gasteiger partial charge in [-0.2, -0.15) is 5.26 Å². The van der Waals surface area contributed by atoms with E-state index in [0.29, 0.717) is 47.2 Å². The van der Waals surface area contributed by atoms with Crippen molar-refractivity contribution in [3.8, 4) is 28.8 Å². The maximum absolute atomic E-state index is 9.67. The molecule has 0 bridgehead atoms. The number of anilines is 2. The molecule has 16 nitrogen and oxygen atoms in total. The molecule has 0 radical (unpaired) electrons. The van der Waals surface area contributed by atoms with Gasteiger partial charge in [-0.25, -0.2) is 24.6 Å². The van der Waals surface area contributed by atoms with Crippen LogP contribution in [-0.2, 0) is 17.9 Å². The first-order chi connectivity index (χ1) is 24.1. The van der Waals surface area contributed by atoms with E-state index in [2.05, 4.69) is 51.7 Å². The van der Waals surface area contributed by atoms with Gasteiger partial charge in [0.05, 0.1) is 37.6 Å². The monoisotopic (exact) mass is 663 g/mol. The number of hydrogen-bond acceptors (Lipinski definition) is 14. The molecule has 1 atom stereocenters. The first kappa shape index (κ1) is 32.0. The molecule has 0 amide bonds. The number of aromatic nitrogens is 10. The molecule has 4 aromatic heterocycles. The molecule has 1 N–H and O–H groups in total. The van der Waals surface area contributed by atoms with Crippen LogP contribution in [0.2, 0.25) is 0 Å². The Morgan fingerprint density at radius 3 is 2.53 bits per heavy atom. The van der Waals surface area contributed by atoms with Gasteiger partial charge in [-0.15, -0.1) is 10.2 Å². The molecule has 1 aliphatic carbocycles. The lowest BCUT2D eigenvalue weighted by Crippen LogP contribution is -2.45. The minimum Gasteiger partial charge on any atom is -0.487 e. The minimum atomic E-state index is -0.278. The van der Waals surface area contributed by atoms with Gasteiger partial charge in [-0.05, 0) is 66.8 Å². The Balaban J connectivity index is 1.05. The van der Waals surface area contributed by atoms with Crippen LogP contribution in [0.3, 0.4) is 0 Å². The van der Waals surface area contributed by atoms with Crippen molar-refractivity contribution >= 4 is 11.6 Å². The average Bonchev–Trinajstić information content (AvgIpc) is 3.82. The summed E-state index contributed by atoms with van der Waals surface area (Å²) in [4.78, 5) is 20.3. The van der Waals surface area contributed by atoms with Crippen LogP contribution < -0.4 is 14.8 Å². The van der Waals surface area contributed by atoms with Crippen molar-refractivity contribution in [2.75, 3.05) is 31.6 Å². The molecule has 2 fully saturated rings. The molecule has 1 unspecified atom stereocenters. The molecule has 1 aromatic carbocycles. The minimum absolute atomic E-state index is 0.174. The number of morpholine rings is 1. The Hall–Kier alpha value is -5.53. The van der Waals surface area contributed by atoms with Crippen LogP contribution in [0.25, 0.3) is 11.1 Å². The van der Waals surface area contributed by atoms with Crippen LogP contribution in [-0.4, -0.2) is 93.3 Å². The molecule has 1 saturated heterocycles. The Kier molecular flexibility index (Phi) is 9.90. The summed E-state index contributed by atoms with van der Waals surface area (Å²) in [6.45, 7) is 6.14. The molecule has 5 heterocycles. The highest BCUT2D eigenvalue weighted by molar-refractivity contribution is 5.67. The van der Waals surface area contributed by atoms with E-state index in [1.54, 1.807) is 41.6 Å². The lowest BCUT2D eigenvalue weighted by molar-refractivity contribution is 0.00502. The van der Waals surface area contributed by atoms with Crippen molar-refractivity contribution in [3.05, 3.63) is 73.0 Å². The van der Waals surface area contributed by atoms with E-state index < -0.39 is 0 Å². The van der Waals surface area contributed by atoms with Gasteiger partial charge in [0, 0.05) is 49.5 Å². The number of tetrazole rings is 1. The summed E-state index contributed by atoms with van der Waals surface area (Å²) in [7, 11) is 0. The quantitative estimate of drug-likeness (QED) is 0.205. The van der Waals surface area contributed by atoms with Crippen molar-refractivity contribution in [2.24, 2.45) is 0 Å². The van der Waals surface area contributed by atoms with Gasteiger partial charge in [0.25, 0.3) is 5.88 Å². The summed E-state index contributed by atoms with van der Waals surface area (Å²) in [5, 5.41) is 29.0. The van der Waals surface area contributed by atoms with E-state index in [1.807, 2.05) is 29.9 Å². The van der Waals surface area contributed by atoms with Crippen LogP contribution in [0, 0.1) is 11.3 Å². The Morgan fingerprint density at radius 1 is 1.02 bits per heavy atom. The highest BCUT2D eigenvalue weighted by Gasteiger charge is 2.29. The van der Waals surface area contributed by atoms with Crippen LogP contribution in [0.4, 0.5) is 11.6 Å². The van der Waals surface area contributed by atoms with Gasteiger partial charge >= 0.3 is 0 Å². The van der Waals surface area contributed by atoms with E-state index in [0.717, 1.165) is 63.1 Å². The number of benzene rings is 1. The number of hydrogen-bond donors (Lipinski definition) is 1. The summed E-state index contributed by atoms with van der Waals surface area (Å²) in [5.41, 5.74) is 2.65. The third-order valence-corrected chi connectivity index (χ3v) is 8.76. The van der Waals surface area contributed by atoms with Gasteiger partial charge in [-0.1, -0.05) is 6.07 Å². The SMILES string of the molecule is CC(Cn1cnnn1)Oc1cc(-c2cnc(Nc3cn(C4CCC(N5CCOCC5)CC4)nc3OCc3ncccn3)nc2)ccc1C#N. The summed E-state index contributed by atoms with van der Waals surface area (Å²) < 4.78 is 21.4. The molecule has 252 valence electrons. The zero-order valence-corrected chi connectivity index (χ0v) is 27.2. The summed E-state index contributed by atoms with van der Waals surface area (Å²) >= 11 is 0. The van der Waals surface area contributed by atoms with Crippen molar-refractivity contribution in [1.29, 1.82) is 5.26 Å². The first-order valence-corrected chi connectivity index (χ1v) is 16.4. The summed E-state index contributed by atoms with van der Waals surface area (Å²) in [6.07, 6.45) is 14.3. The Morgan fingerprint density at radius 2 is 1.80 bits per heavy atom. The number of nitrogens with zero attached hydrogens (tertiary/aromatic N) is 12. The van der Waals surface area contributed by atoms with E-state index in [9.17, 15) is 5.26 Å². The predicted octanol–water partition coefficient (Wildman–Crippen LogP) is 3.59. The van der Waals surface area contributed by atoms with Crippen LogP contribution in [0.1, 0.15) is 50.0 Å². The van der Waals surface area contributed by atoms with Gasteiger partial charge in [0.1, 0.15) is 36.5 Å². The van der Waals surface area contributed by atoms with Crippen molar-refractivity contribution < 1.29 is 14.2 Å². The maximum atomic E-state index is 9.67. The Labute approximate surface area is 283 Å². The second-order valence-electron chi connectivity index (χ2n) is 12.1. The topological polar surface area (TPSA) is 180 Å². The molecular weight excluding hydrogens is 626 g/mol. The Bertz CT molecular complexity index is 1830. The number of rotatable bonds is 12. The summed E-state index contributed by atoms with van der Waals surface area (Å²) in [5.74, 6) is 1.84. The van der Waals surface area contributed by atoms with Crippen LogP contribution >= 0.6 is 0 Å². The van der Waals surface area contributed by atoms with E-state index in [1.165, 1.54) is 6.33 Å². The van der Waals surface area contributed by atoms with Gasteiger partial charge in [0.15, 0.2) is 5.82 Å². The maximum Gasteiger partial charge on any atom is 0.257 e. The number of ether oxygens (including phenoxy) is 3. The van der Waals surface area contributed by atoms with E-state index in [-0.39, 0.29) is 18.8 Å². The predicted molar refractivity (Wildman–Crippen MR) is 176 cm³/mol. The van der Waals surface area contributed by atoms with E-state index in [4.69, 9.17) is 19.3 Å². The molecule has 49 heavy (non-hydrogen) atoms. The summed E-state index contributed by atoms with van der Waals surface area (Å²) in [6, 6.07) is 10.2. The van der Waals surface area contributed by atoms with E-state index >= 15 is 0 Å². The van der Waals surface area contributed by atoms with Crippen molar-refractivity contribution in [1.82, 2.24) is 54.8 Å².